The van der Waals surface area contributed by atoms with E-state index in [-0.39, 0.29) is 12.0 Å². The number of carbonyl (C=O) groups excluding carboxylic acids is 1. The lowest BCUT2D eigenvalue weighted by atomic mass is 9.84. The predicted molar refractivity (Wildman–Crippen MR) is 127 cm³/mol. The third-order valence-corrected chi connectivity index (χ3v) is 7.48. The Morgan fingerprint density at radius 3 is 2.38 bits per heavy atom. The maximum atomic E-state index is 13.6. The van der Waals surface area contributed by atoms with Crippen molar-refractivity contribution in [1.29, 1.82) is 0 Å². The van der Waals surface area contributed by atoms with E-state index in [1.54, 1.807) is 36.4 Å². The minimum Gasteiger partial charge on any atom is -0.493 e. The summed E-state index contributed by atoms with van der Waals surface area (Å²) in [7, 11) is 0. The lowest BCUT2D eigenvalue weighted by molar-refractivity contribution is -0.984. The van der Waals surface area contributed by atoms with E-state index >= 15 is 0 Å². The van der Waals surface area contributed by atoms with Crippen molar-refractivity contribution in [3.8, 4) is 5.75 Å². The molecule has 2 bridgehead atoms. The van der Waals surface area contributed by atoms with E-state index in [2.05, 4.69) is 0 Å². The van der Waals surface area contributed by atoms with Crippen molar-refractivity contribution in [3.63, 3.8) is 0 Å². The molecular weight excluding hydrogens is 430 g/mol. The topological polar surface area (TPSA) is 68.9 Å². The van der Waals surface area contributed by atoms with Crippen molar-refractivity contribution in [3.05, 3.63) is 90.4 Å². The summed E-state index contributed by atoms with van der Waals surface area (Å²) in [6, 6.07) is 22.0. The number of carbonyl (C=O) groups is 1. The second-order valence-electron chi connectivity index (χ2n) is 9.50. The Labute approximate surface area is 200 Å². The Bertz CT molecular complexity index is 1060. The van der Waals surface area contributed by atoms with Gasteiger partial charge in [0.25, 0.3) is 0 Å². The fourth-order valence-electron chi connectivity index (χ4n) is 5.51. The number of benzene rings is 2. The van der Waals surface area contributed by atoms with Crippen molar-refractivity contribution in [2.45, 2.75) is 37.5 Å². The monoisotopic (exact) mass is 462 g/mol. The van der Waals surface area contributed by atoms with Crippen LogP contribution in [0.15, 0.2) is 83.5 Å². The number of fused-ring (bicyclic) bond motifs is 3. The summed E-state index contributed by atoms with van der Waals surface area (Å²) < 4.78 is 18.3. The minimum absolute atomic E-state index is 0.169. The van der Waals surface area contributed by atoms with Crippen LogP contribution in [0.5, 0.6) is 5.75 Å². The van der Waals surface area contributed by atoms with E-state index in [0.29, 0.717) is 18.1 Å². The molecule has 1 N–H and O–H groups in total. The van der Waals surface area contributed by atoms with Gasteiger partial charge in [-0.15, -0.1) is 0 Å². The average Bonchev–Trinajstić information content (AvgIpc) is 3.44. The molecule has 6 nitrogen and oxygen atoms in total. The third-order valence-electron chi connectivity index (χ3n) is 7.48. The number of aliphatic hydroxyl groups is 1. The van der Waals surface area contributed by atoms with Crippen molar-refractivity contribution in [2.24, 2.45) is 5.92 Å². The highest BCUT2D eigenvalue weighted by Gasteiger charge is 2.53. The first-order valence-electron chi connectivity index (χ1n) is 12.2. The molecule has 1 unspecified atom stereocenters. The molecule has 0 saturated carbocycles. The predicted octanol–water partition coefficient (Wildman–Crippen LogP) is 4.48. The second kappa shape index (κ2) is 9.65. The first kappa shape index (κ1) is 22.7. The minimum atomic E-state index is -1.98. The number of nitrogens with zero attached hydrogens (tertiary/aromatic N) is 1. The van der Waals surface area contributed by atoms with Crippen molar-refractivity contribution >= 4 is 5.97 Å². The summed E-state index contributed by atoms with van der Waals surface area (Å²) in [4.78, 5) is 13.6. The molecule has 0 radical (unpaired) electrons. The zero-order chi connectivity index (χ0) is 23.4. The van der Waals surface area contributed by atoms with Gasteiger partial charge < -0.3 is 19.0 Å². The standard InChI is InChI=1S/C28H32NO5/c30-27(28(31,25-13-7-19-33-25)23-9-3-1-4-10-23)34-26-21-22-14-17-29(26,18-15-22)16-8-20-32-24-11-5-2-6-12-24/h1-7,9-13,19,22,26,31H,8,14-18,20-21H2/q+1/t22?,26-,28?,29?/m1/s1. The van der Waals surface area contributed by atoms with Crippen molar-refractivity contribution < 1.29 is 28.3 Å². The van der Waals surface area contributed by atoms with Crippen LogP contribution in [0, 0.1) is 5.92 Å². The van der Waals surface area contributed by atoms with E-state index in [9.17, 15) is 9.90 Å². The van der Waals surface area contributed by atoms with Gasteiger partial charge in [0.15, 0.2) is 5.76 Å². The van der Waals surface area contributed by atoms with Gasteiger partial charge in [-0.05, 0) is 30.2 Å². The molecule has 34 heavy (non-hydrogen) atoms. The van der Waals surface area contributed by atoms with E-state index in [1.807, 2.05) is 36.4 Å². The summed E-state index contributed by atoms with van der Waals surface area (Å²) in [5.41, 5.74) is -1.54. The molecule has 0 aliphatic carbocycles. The smallest absolute Gasteiger partial charge is 0.355 e. The Balaban J connectivity index is 1.31. The van der Waals surface area contributed by atoms with Gasteiger partial charge in [-0.2, -0.15) is 0 Å². The van der Waals surface area contributed by atoms with Crippen LogP contribution in [0.3, 0.4) is 0 Å². The van der Waals surface area contributed by atoms with Gasteiger partial charge >= 0.3 is 5.97 Å². The van der Waals surface area contributed by atoms with Crippen molar-refractivity contribution in [2.75, 3.05) is 26.2 Å². The number of ether oxygens (including phenoxy) is 2. The molecular formula is C28H32NO5+. The van der Waals surface area contributed by atoms with Gasteiger partial charge in [-0.3, -0.25) is 4.48 Å². The maximum Gasteiger partial charge on any atom is 0.355 e. The molecule has 2 atom stereocenters. The molecule has 3 aromatic rings. The number of rotatable bonds is 9. The normalized spacial score (nSPS) is 25.4. The van der Waals surface area contributed by atoms with Gasteiger partial charge in [0.1, 0.15) is 5.75 Å². The summed E-state index contributed by atoms with van der Waals surface area (Å²) in [5.74, 6) is 0.924. The molecule has 1 aromatic heterocycles. The average molecular weight is 463 g/mol. The second-order valence-corrected chi connectivity index (χ2v) is 9.50. The summed E-state index contributed by atoms with van der Waals surface area (Å²) >= 11 is 0. The van der Waals surface area contributed by atoms with Gasteiger partial charge in [-0.25, -0.2) is 4.79 Å². The number of furan rings is 1. The highest BCUT2D eigenvalue weighted by molar-refractivity contribution is 5.84. The van der Waals surface area contributed by atoms with Gasteiger partial charge in [-0.1, -0.05) is 48.5 Å². The number of para-hydroxylation sites is 1. The first-order valence-corrected chi connectivity index (χ1v) is 12.2. The molecule has 0 spiro atoms. The van der Waals surface area contributed by atoms with Crippen LogP contribution in [-0.4, -0.2) is 48.0 Å². The van der Waals surface area contributed by atoms with Gasteiger partial charge in [0.05, 0.1) is 32.5 Å². The fourth-order valence-corrected chi connectivity index (χ4v) is 5.51. The van der Waals surface area contributed by atoms with Crippen LogP contribution in [0.2, 0.25) is 0 Å². The van der Waals surface area contributed by atoms with Gasteiger partial charge in [0, 0.05) is 31.2 Å². The number of piperidine rings is 3. The van der Waals surface area contributed by atoms with Crippen LogP contribution in [0.1, 0.15) is 37.0 Å². The summed E-state index contributed by atoms with van der Waals surface area (Å²) in [6.07, 6.45) is 5.18. The van der Waals surface area contributed by atoms with E-state index < -0.39 is 11.6 Å². The van der Waals surface area contributed by atoms with Crippen LogP contribution in [-0.2, 0) is 15.1 Å². The Morgan fingerprint density at radius 1 is 1.00 bits per heavy atom. The zero-order valence-electron chi connectivity index (χ0n) is 19.3. The maximum absolute atomic E-state index is 13.6. The van der Waals surface area contributed by atoms with Crippen LogP contribution in [0.25, 0.3) is 0 Å². The molecule has 0 amide bonds. The van der Waals surface area contributed by atoms with Crippen LogP contribution >= 0.6 is 0 Å². The van der Waals surface area contributed by atoms with Crippen molar-refractivity contribution in [1.82, 2.24) is 0 Å². The highest BCUT2D eigenvalue weighted by Crippen LogP contribution is 2.41. The molecule has 4 heterocycles. The molecule has 3 aliphatic rings. The van der Waals surface area contributed by atoms with E-state index in [1.165, 1.54) is 6.26 Å². The molecule has 6 heteroatoms. The fraction of sp³-hybridized carbons (Fsp3) is 0.393. The number of hydrogen-bond acceptors (Lipinski definition) is 5. The number of hydrogen-bond donors (Lipinski definition) is 1. The van der Waals surface area contributed by atoms with Gasteiger partial charge in [0.2, 0.25) is 11.8 Å². The van der Waals surface area contributed by atoms with Crippen LogP contribution in [0.4, 0.5) is 0 Å². The zero-order valence-corrected chi connectivity index (χ0v) is 19.3. The Morgan fingerprint density at radius 2 is 1.71 bits per heavy atom. The molecule has 3 fully saturated rings. The molecule has 6 rings (SSSR count). The number of quaternary nitrogens is 1. The SMILES string of the molecule is O=C(O[C@@H]1CC2CC[N+]1(CCCOc1ccccc1)CC2)C(O)(c1ccccc1)c1ccco1. The highest BCUT2D eigenvalue weighted by atomic mass is 16.6. The molecule has 3 aliphatic heterocycles. The Hall–Kier alpha value is -3.09. The third kappa shape index (κ3) is 4.36. The number of esters is 1. The van der Waals surface area contributed by atoms with E-state index in [4.69, 9.17) is 13.9 Å². The Kier molecular flexibility index (Phi) is 6.44. The van der Waals surface area contributed by atoms with E-state index in [0.717, 1.165) is 55.6 Å². The molecule has 2 aromatic carbocycles. The summed E-state index contributed by atoms with van der Waals surface area (Å²) in [5, 5.41) is 11.6. The molecule has 3 saturated heterocycles. The first-order chi connectivity index (χ1) is 16.6. The van der Waals surface area contributed by atoms with Crippen LogP contribution < -0.4 is 4.74 Å². The lowest BCUT2D eigenvalue weighted by Crippen LogP contribution is -2.66. The lowest BCUT2D eigenvalue weighted by Gasteiger charge is -2.53. The largest absolute Gasteiger partial charge is 0.493 e. The quantitative estimate of drug-likeness (QED) is 0.288. The summed E-state index contributed by atoms with van der Waals surface area (Å²) in [6.45, 7) is 3.47. The molecule has 178 valence electrons.